The quantitative estimate of drug-likeness (QED) is 0.122. The van der Waals surface area contributed by atoms with Crippen LogP contribution in [0.15, 0.2) is 46.0 Å². The molecule has 240 valence electrons. The third-order valence-corrected chi connectivity index (χ3v) is 8.76. The van der Waals surface area contributed by atoms with Crippen LogP contribution in [0.2, 0.25) is 10.0 Å². The highest BCUT2D eigenvalue weighted by Crippen LogP contribution is 2.35. The first kappa shape index (κ1) is 32.7. The number of rotatable bonds is 10. The lowest BCUT2D eigenvalue weighted by atomic mass is 9.96. The molecule has 45 heavy (non-hydrogen) atoms. The molecule has 3 aromatic rings. The van der Waals surface area contributed by atoms with E-state index >= 15 is 0 Å². The SMILES string of the molecule is CN=CN(C)C(NC[C@H](NC(=O)c1c(Cl)cc2c(c1Cl)CCN(C(=O)c1ccc3ccoc3c1)C2)C(=O)O)N1C[C@@H](O)[C@H](O)C1. The number of carboxylic acid groups (broad SMARTS) is 1. The first-order chi connectivity index (χ1) is 21.5. The van der Waals surface area contributed by atoms with Crippen LogP contribution >= 0.6 is 23.2 Å². The minimum atomic E-state index is -1.38. The Morgan fingerprint density at radius 3 is 2.60 bits per heavy atom. The number of aliphatic imine (C=N–C) groups is 1. The number of fused-ring (bicyclic) bond motifs is 2. The van der Waals surface area contributed by atoms with E-state index in [1.807, 2.05) is 12.1 Å². The van der Waals surface area contributed by atoms with E-state index < -0.39 is 36.4 Å². The van der Waals surface area contributed by atoms with Crippen molar-refractivity contribution in [3.8, 4) is 0 Å². The number of hydrogen-bond acceptors (Lipinski definition) is 9. The molecule has 0 radical (unpaired) electrons. The van der Waals surface area contributed by atoms with Crippen LogP contribution in [-0.2, 0) is 17.8 Å². The summed E-state index contributed by atoms with van der Waals surface area (Å²) in [5.74, 6) is -2.24. The Hall–Kier alpha value is -3.72. The largest absolute Gasteiger partial charge is 0.480 e. The predicted octanol–water partition coefficient (Wildman–Crippen LogP) is 1.62. The van der Waals surface area contributed by atoms with Crippen molar-refractivity contribution in [2.75, 3.05) is 40.3 Å². The Morgan fingerprint density at radius 2 is 1.91 bits per heavy atom. The van der Waals surface area contributed by atoms with Crippen molar-refractivity contribution in [2.24, 2.45) is 4.99 Å². The third kappa shape index (κ3) is 6.93. The fraction of sp³-hybridized carbons (Fsp3) is 0.400. The zero-order chi connectivity index (χ0) is 32.4. The smallest absolute Gasteiger partial charge is 0.327 e. The molecule has 1 aromatic heterocycles. The second-order valence-electron chi connectivity index (χ2n) is 11.1. The number of halogens is 2. The van der Waals surface area contributed by atoms with Gasteiger partial charge in [0.2, 0.25) is 0 Å². The number of nitrogens with one attached hydrogen (secondary N) is 2. The number of aliphatic hydroxyl groups is 2. The van der Waals surface area contributed by atoms with Gasteiger partial charge in [0.05, 0.1) is 40.4 Å². The van der Waals surface area contributed by atoms with Crippen LogP contribution in [-0.4, -0.2) is 119 Å². The van der Waals surface area contributed by atoms with E-state index in [4.69, 9.17) is 27.6 Å². The molecule has 2 amide bonds. The summed E-state index contributed by atoms with van der Waals surface area (Å²) in [7, 11) is 3.28. The summed E-state index contributed by atoms with van der Waals surface area (Å²) < 4.78 is 5.43. The van der Waals surface area contributed by atoms with Gasteiger partial charge in [-0.2, -0.15) is 0 Å². The predicted molar refractivity (Wildman–Crippen MR) is 168 cm³/mol. The molecular weight excluding hydrogens is 627 g/mol. The Morgan fingerprint density at radius 1 is 1.18 bits per heavy atom. The molecule has 0 saturated carbocycles. The van der Waals surface area contributed by atoms with Gasteiger partial charge in [0, 0.05) is 57.8 Å². The summed E-state index contributed by atoms with van der Waals surface area (Å²) in [6, 6.07) is 7.28. The number of likely N-dealkylation sites (tertiary alicyclic amines) is 1. The maximum atomic E-state index is 13.4. The zero-order valence-corrected chi connectivity index (χ0v) is 26.1. The second-order valence-corrected chi connectivity index (χ2v) is 11.9. The van der Waals surface area contributed by atoms with E-state index in [1.54, 1.807) is 53.3 Å². The van der Waals surface area contributed by atoms with E-state index in [1.165, 1.54) is 6.34 Å². The van der Waals surface area contributed by atoms with E-state index in [-0.39, 0.29) is 47.7 Å². The zero-order valence-electron chi connectivity index (χ0n) is 24.6. The number of hydrogen-bond donors (Lipinski definition) is 5. The van der Waals surface area contributed by atoms with Crippen molar-refractivity contribution < 1.29 is 34.1 Å². The standard InChI is InChI=1S/C30H34Cl2N6O7/c1-33-15-36(2)30(38-13-22(39)23(40)14-38)34-11-21(29(43)44)35-27(41)25-20(31)9-18-12-37(7-5-19(18)26(25)32)28(42)17-4-3-16-6-8-45-24(16)10-17/h3-4,6,8-10,15,21-23,30,34,39-40H,5,7,11-14H2,1-2H3,(H,35,41)(H,43,44)/t21-,22+,23+,30?/m0/s1. The number of amides is 2. The van der Waals surface area contributed by atoms with Crippen LogP contribution in [0.4, 0.5) is 0 Å². The lowest BCUT2D eigenvalue weighted by molar-refractivity contribution is -0.139. The number of nitrogens with zero attached hydrogens (tertiary/aromatic N) is 4. The fourth-order valence-corrected chi connectivity index (χ4v) is 6.50. The molecule has 0 aliphatic carbocycles. The van der Waals surface area contributed by atoms with Gasteiger partial charge in [0.25, 0.3) is 11.8 Å². The van der Waals surface area contributed by atoms with Gasteiger partial charge in [-0.1, -0.05) is 29.3 Å². The third-order valence-electron chi connectivity index (χ3n) is 8.05. The topological polar surface area (TPSA) is 171 Å². The first-order valence-electron chi connectivity index (χ1n) is 14.3. The number of carboxylic acids is 1. The highest BCUT2D eigenvalue weighted by atomic mass is 35.5. The molecule has 2 aromatic carbocycles. The average molecular weight is 662 g/mol. The van der Waals surface area contributed by atoms with Crippen molar-refractivity contribution >= 4 is 58.3 Å². The number of benzene rings is 2. The molecular formula is C30H34Cl2N6O7. The molecule has 2 aliphatic heterocycles. The molecule has 13 nitrogen and oxygen atoms in total. The molecule has 1 fully saturated rings. The molecule has 1 unspecified atom stereocenters. The van der Waals surface area contributed by atoms with E-state index in [0.717, 1.165) is 5.39 Å². The fourth-order valence-electron chi connectivity index (χ4n) is 5.73. The Balaban J connectivity index is 1.29. The van der Waals surface area contributed by atoms with Gasteiger partial charge in [-0.3, -0.25) is 24.8 Å². The second kappa shape index (κ2) is 13.7. The number of carbonyl (C=O) groups excluding carboxylic acids is 2. The summed E-state index contributed by atoms with van der Waals surface area (Å²) in [5.41, 5.74) is 2.39. The highest BCUT2D eigenvalue weighted by Gasteiger charge is 2.36. The van der Waals surface area contributed by atoms with Gasteiger partial charge < -0.3 is 34.9 Å². The first-order valence-corrected chi connectivity index (χ1v) is 15.0. The van der Waals surface area contributed by atoms with Crippen LogP contribution < -0.4 is 10.6 Å². The Labute approximate surface area is 269 Å². The molecule has 1 saturated heterocycles. The maximum absolute atomic E-state index is 13.4. The summed E-state index contributed by atoms with van der Waals surface area (Å²) in [5, 5.41) is 36.6. The summed E-state index contributed by atoms with van der Waals surface area (Å²) in [4.78, 5) is 47.9. The van der Waals surface area contributed by atoms with E-state index in [2.05, 4.69) is 15.6 Å². The van der Waals surface area contributed by atoms with Gasteiger partial charge >= 0.3 is 5.97 Å². The summed E-state index contributed by atoms with van der Waals surface area (Å²) in [6.07, 6.45) is 0.893. The van der Waals surface area contributed by atoms with Crippen LogP contribution in [0.3, 0.4) is 0 Å². The van der Waals surface area contributed by atoms with E-state index in [9.17, 15) is 29.7 Å². The number of aliphatic carboxylic acids is 1. The van der Waals surface area contributed by atoms with Crippen LogP contribution in [0.5, 0.6) is 0 Å². The summed E-state index contributed by atoms with van der Waals surface area (Å²) >= 11 is 13.2. The molecule has 5 N–H and O–H groups in total. The summed E-state index contributed by atoms with van der Waals surface area (Å²) in [6.45, 7) is 0.656. The van der Waals surface area contributed by atoms with Gasteiger partial charge in [0.1, 0.15) is 17.9 Å². The lowest BCUT2D eigenvalue weighted by Crippen LogP contribution is -2.58. The average Bonchev–Trinajstić information content (AvgIpc) is 3.61. The number of carbonyl (C=O) groups is 3. The molecule has 4 atom stereocenters. The molecule has 2 aliphatic rings. The monoisotopic (exact) mass is 660 g/mol. The van der Waals surface area contributed by atoms with Crippen LogP contribution in [0, 0.1) is 0 Å². The molecule has 0 spiro atoms. The lowest BCUT2D eigenvalue weighted by Gasteiger charge is -2.35. The number of aliphatic hydroxyl groups excluding tert-OH is 2. The maximum Gasteiger partial charge on any atom is 0.327 e. The Kier molecular flexibility index (Phi) is 9.97. The minimum absolute atomic E-state index is 0.0245. The minimum Gasteiger partial charge on any atom is -0.480 e. The molecule has 0 bridgehead atoms. The normalized spacial score (nSPS) is 19.9. The molecule has 5 rings (SSSR count). The van der Waals surface area contributed by atoms with Gasteiger partial charge in [-0.15, -0.1) is 0 Å². The van der Waals surface area contributed by atoms with E-state index in [0.29, 0.717) is 35.2 Å². The van der Waals surface area contributed by atoms with Crippen molar-refractivity contribution in [1.82, 2.24) is 25.3 Å². The molecule has 3 heterocycles. The number of β-amino-alcohol motifs (C(OH)–C–C–N with tert-alkyl or cyclic N) is 2. The van der Waals surface area contributed by atoms with Gasteiger partial charge in [0.15, 0.2) is 0 Å². The number of furan rings is 1. The van der Waals surface area contributed by atoms with Crippen molar-refractivity contribution in [3.05, 3.63) is 68.9 Å². The van der Waals surface area contributed by atoms with Crippen molar-refractivity contribution in [3.63, 3.8) is 0 Å². The highest BCUT2D eigenvalue weighted by molar-refractivity contribution is 6.40. The van der Waals surface area contributed by atoms with Crippen LogP contribution in [0.25, 0.3) is 11.0 Å². The molecule has 15 heteroatoms. The van der Waals surface area contributed by atoms with Gasteiger partial charge in [-0.25, -0.2) is 4.79 Å². The van der Waals surface area contributed by atoms with Crippen molar-refractivity contribution in [1.29, 1.82) is 0 Å². The van der Waals surface area contributed by atoms with Crippen LogP contribution in [0.1, 0.15) is 31.8 Å². The van der Waals surface area contributed by atoms with Gasteiger partial charge in [-0.05, 0) is 41.8 Å². The Bertz CT molecular complexity index is 1620. The van der Waals surface area contributed by atoms with Crippen molar-refractivity contribution in [2.45, 2.75) is 37.5 Å².